The van der Waals surface area contributed by atoms with Crippen molar-refractivity contribution < 1.29 is 17.9 Å². The molecule has 4 heterocycles. The lowest BCUT2D eigenvalue weighted by Crippen LogP contribution is -2.36. The third-order valence-electron chi connectivity index (χ3n) is 5.33. The van der Waals surface area contributed by atoms with Crippen LogP contribution in [0.1, 0.15) is 11.4 Å². The van der Waals surface area contributed by atoms with Crippen LogP contribution in [0.25, 0.3) is 21.3 Å². The van der Waals surface area contributed by atoms with Crippen LogP contribution in [-0.4, -0.2) is 46.2 Å². The summed E-state index contributed by atoms with van der Waals surface area (Å²) < 4.78 is 44.6. The van der Waals surface area contributed by atoms with Gasteiger partial charge in [0.1, 0.15) is 20.7 Å². The molecule has 11 heteroatoms. The maximum absolute atomic E-state index is 13.1. The van der Waals surface area contributed by atoms with Crippen molar-refractivity contribution in [1.82, 2.24) is 19.9 Å². The first-order valence-corrected chi connectivity index (χ1v) is 12.5. The molecule has 1 aromatic carbocycles. The number of pyridine rings is 1. The molecule has 0 atom stereocenters. The topological polar surface area (TPSA) is 51.1 Å². The van der Waals surface area contributed by atoms with Crippen LogP contribution in [0.5, 0.6) is 0 Å². The van der Waals surface area contributed by atoms with E-state index in [1.807, 2.05) is 35.7 Å². The Morgan fingerprint density at radius 3 is 2.56 bits per heavy atom. The first-order valence-electron chi connectivity index (χ1n) is 10.4. The number of morpholine rings is 1. The van der Waals surface area contributed by atoms with Gasteiger partial charge in [-0.05, 0) is 23.4 Å². The molecule has 1 fully saturated rings. The molecule has 0 amide bonds. The number of aromatic nitrogens is 3. The lowest BCUT2D eigenvalue weighted by atomic mass is 10.1. The maximum atomic E-state index is 13.1. The highest BCUT2D eigenvalue weighted by Crippen LogP contribution is 2.42. The van der Waals surface area contributed by atoms with Crippen molar-refractivity contribution >= 4 is 44.9 Å². The van der Waals surface area contributed by atoms with E-state index in [-0.39, 0.29) is 10.0 Å². The highest BCUT2D eigenvalue weighted by molar-refractivity contribution is 7.99. The number of ether oxygens (including phenoxy) is 1. The van der Waals surface area contributed by atoms with Gasteiger partial charge in [0, 0.05) is 30.2 Å². The lowest BCUT2D eigenvalue weighted by molar-refractivity contribution is -0.137. The van der Waals surface area contributed by atoms with E-state index >= 15 is 0 Å². The van der Waals surface area contributed by atoms with Gasteiger partial charge in [0.15, 0.2) is 0 Å². The molecule has 5 rings (SSSR count). The number of halogens is 4. The summed E-state index contributed by atoms with van der Waals surface area (Å²) in [5, 5.41) is 3.67. The molecule has 34 heavy (non-hydrogen) atoms. The zero-order chi connectivity index (χ0) is 23.7. The SMILES string of the molecule is FC(F)(F)c1cnc(Sc2nc(CN3CCOCC3)nc3scc(-c4ccccc4)c23)c(Cl)c1. The minimum Gasteiger partial charge on any atom is -0.379 e. The monoisotopic (exact) mass is 522 g/mol. The van der Waals surface area contributed by atoms with Gasteiger partial charge in [0.2, 0.25) is 0 Å². The van der Waals surface area contributed by atoms with Gasteiger partial charge in [0.05, 0.1) is 35.7 Å². The molecule has 1 saturated heterocycles. The number of hydrogen-bond acceptors (Lipinski definition) is 7. The fraction of sp³-hybridized carbons (Fsp3) is 0.261. The van der Waals surface area contributed by atoms with E-state index < -0.39 is 11.7 Å². The van der Waals surface area contributed by atoms with Crippen molar-refractivity contribution in [2.75, 3.05) is 26.3 Å². The Labute approximate surface area is 207 Å². The van der Waals surface area contributed by atoms with Crippen molar-refractivity contribution in [2.45, 2.75) is 22.8 Å². The Bertz CT molecular complexity index is 1310. The predicted molar refractivity (Wildman–Crippen MR) is 127 cm³/mol. The highest BCUT2D eigenvalue weighted by Gasteiger charge is 2.32. The van der Waals surface area contributed by atoms with Gasteiger partial charge in [0.25, 0.3) is 0 Å². The standard InChI is InChI=1S/C23H18ClF3N4OS2/c24-17-10-15(23(25,26)27)11-28-20(17)34-22-19-16(14-4-2-1-3-5-14)13-33-21(19)29-18(30-22)12-31-6-8-32-9-7-31/h1-5,10-11,13H,6-9,12H2. The van der Waals surface area contributed by atoms with Crippen LogP contribution >= 0.6 is 34.7 Å². The maximum Gasteiger partial charge on any atom is 0.417 e. The van der Waals surface area contributed by atoms with Crippen molar-refractivity contribution in [3.63, 3.8) is 0 Å². The van der Waals surface area contributed by atoms with Crippen molar-refractivity contribution in [1.29, 1.82) is 0 Å². The molecule has 1 aliphatic rings. The first kappa shape index (κ1) is 23.5. The summed E-state index contributed by atoms with van der Waals surface area (Å²) in [7, 11) is 0. The van der Waals surface area contributed by atoms with Crippen molar-refractivity contribution in [2.24, 2.45) is 0 Å². The Balaban J connectivity index is 1.58. The average molecular weight is 523 g/mol. The van der Waals surface area contributed by atoms with Gasteiger partial charge in [-0.25, -0.2) is 15.0 Å². The van der Waals surface area contributed by atoms with Crippen LogP contribution in [0.15, 0.2) is 58.0 Å². The van der Waals surface area contributed by atoms with E-state index in [1.165, 1.54) is 11.3 Å². The molecule has 0 aliphatic carbocycles. The Morgan fingerprint density at radius 1 is 1.09 bits per heavy atom. The number of hydrogen-bond donors (Lipinski definition) is 0. The van der Waals surface area contributed by atoms with E-state index in [9.17, 15) is 13.2 Å². The van der Waals surface area contributed by atoms with Crippen LogP contribution in [0.3, 0.4) is 0 Å². The summed E-state index contributed by atoms with van der Waals surface area (Å²) in [4.78, 5) is 16.6. The van der Waals surface area contributed by atoms with Crippen LogP contribution in [0.2, 0.25) is 5.02 Å². The van der Waals surface area contributed by atoms with Crippen molar-refractivity contribution in [3.8, 4) is 11.1 Å². The molecule has 0 spiro atoms. The minimum absolute atomic E-state index is 0.0715. The number of alkyl halides is 3. The van der Waals surface area contributed by atoms with E-state index in [0.717, 1.165) is 58.5 Å². The average Bonchev–Trinajstić information content (AvgIpc) is 3.25. The number of thiophene rings is 1. The number of benzene rings is 1. The van der Waals surface area contributed by atoms with Gasteiger partial charge in [-0.3, -0.25) is 4.90 Å². The van der Waals surface area contributed by atoms with Gasteiger partial charge < -0.3 is 4.74 Å². The van der Waals surface area contributed by atoms with Crippen LogP contribution in [0.4, 0.5) is 13.2 Å². The summed E-state index contributed by atoms with van der Waals surface area (Å²) in [6.07, 6.45) is -3.71. The van der Waals surface area contributed by atoms with Crippen molar-refractivity contribution in [3.05, 3.63) is 64.4 Å². The third kappa shape index (κ3) is 5.06. The summed E-state index contributed by atoms with van der Waals surface area (Å²) in [5.74, 6) is 0.640. The minimum atomic E-state index is -4.51. The summed E-state index contributed by atoms with van der Waals surface area (Å²) in [6.45, 7) is 3.45. The highest BCUT2D eigenvalue weighted by atomic mass is 35.5. The van der Waals surface area contributed by atoms with E-state index in [4.69, 9.17) is 26.3 Å². The van der Waals surface area contributed by atoms with Gasteiger partial charge in [-0.15, -0.1) is 11.3 Å². The molecule has 0 saturated carbocycles. The number of rotatable bonds is 5. The molecular weight excluding hydrogens is 505 g/mol. The fourth-order valence-corrected chi connectivity index (χ4v) is 5.85. The molecule has 5 nitrogen and oxygen atoms in total. The summed E-state index contributed by atoms with van der Waals surface area (Å²) in [6, 6.07) is 10.7. The van der Waals surface area contributed by atoms with Gasteiger partial charge in [-0.2, -0.15) is 13.2 Å². The Kier molecular flexibility index (Phi) is 6.76. The second kappa shape index (κ2) is 9.79. The normalized spacial score (nSPS) is 15.2. The summed E-state index contributed by atoms with van der Waals surface area (Å²) in [5.41, 5.74) is 1.08. The Morgan fingerprint density at radius 2 is 1.85 bits per heavy atom. The van der Waals surface area contributed by atoms with E-state index in [2.05, 4.69) is 9.88 Å². The molecule has 0 unspecified atom stereocenters. The van der Waals surface area contributed by atoms with Gasteiger partial charge in [-0.1, -0.05) is 41.9 Å². The third-order valence-corrected chi connectivity index (χ3v) is 7.61. The molecular formula is C23H18ClF3N4OS2. The lowest BCUT2D eigenvalue weighted by Gasteiger charge is -2.25. The molecule has 0 radical (unpaired) electrons. The largest absolute Gasteiger partial charge is 0.417 e. The number of fused-ring (bicyclic) bond motifs is 1. The summed E-state index contributed by atoms with van der Waals surface area (Å²) >= 11 is 8.88. The fourth-order valence-electron chi connectivity index (χ4n) is 3.63. The molecule has 4 aromatic rings. The van der Waals surface area contributed by atoms with Crippen LogP contribution in [-0.2, 0) is 17.5 Å². The zero-order valence-corrected chi connectivity index (χ0v) is 20.1. The second-order valence-electron chi connectivity index (χ2n) is 7.64. The molecule has 1 aliphatic heterocycles. The van der Waals surface area contributed by atoms with Gasteiger partial charge >= 0.3 is 6.18 Å². The predicted octanol–water partition coefficient (Wildman–Crippen LogP) is 6.41. The zero-order valence-electron chi connectivity index (χ0n) is 17.7. The Hall–Kier alpha value is -2.24. The molecule has 176 valence electrons. The molecule has 0 bridgehead atoms. The molecule has 0 N–H and O–H groups in total. The quantitative estimate of drug-likeness (QED) is 0.282. The van der Waals surface area contributed by atoms with Crippen LogP contribution in [0, 0.1) is 0 Å². The molecule has 3 aromatic heterocycles. The number of nitrogens with zero attached hydrogens (tertiary/aromatic N) is 4. The first-order chi connectivity index (χ1) is 16.4. The van der Waals surface area contributed by atoms with Crippen LogP contribution < -0.4 is 0 Å². The van der Waals surface area contributed by atoms with E-state index in [1.54, 1.807) is 0 Å². The van der Waals surface area contributed by atoms with E-state index in [0.29, 0.717) is 30.6 Å². The second-order valence-corrected chi connectivity index (χ2v) is 9.88. The smallest absolute Gasteiger partial charge is 0.379 e.